The van der Waals surface area contributed by atoms with Gasteiger partial charge in [-0.25, -0.2) is 0 Å². The summed E-state index contributed by atoms with van der Waals surface area (Å²) in [5, 5.41) is 6.86. The number of nitrogen functional groups attached to an aromatic ring is 1. The molecule has 0 fully saturated rings. The third-order valence-corrected chi connectivity index (χ3v) is 2.80. The molecule has 0 saturated heterocycles. The monoisotopic (exact) mass is 244 g/mol. The average molecular weight is 244 g/mol. The second-order valence-corrected chi connectivity index (χ2v) is 4.22. The topological polar surface area (TPSA) is 72.9 Å². The maximum atomic E-state index is 12.0. The Kier molecular flexibility index (Phi) is 3.32. The van der Waals surface area contributed by atoms with E-state index in [0.29, 0.717) is 17.8 Å². The Bertz CT molecular complexity index is 574. The number of aromatic nitrogens is 2. The molecule has 2 rings (SSSR count). The number of anilines is 1. The number of aryl methyl sites for hydroxylation is 2. The second kappa shape index (κ2) is 4.91. The number of hydrogen-bond acceptors (Lipinski definition) is 3. The van der Waals surface area contributed by atoms with E-state index in [0.717, 1.165) is 11.3 Å². The molecule has 0 bridgehead atoms. The number of carbonyl (C=O) groups is 1. The van der Waals surface area contributed by atoms with Gasteiger partial charge < -0.3 is 11.1 Å². The number of nitrogens with zero attached hydrogens (tertiary/aromatic N) is 2. The van der Waals surface area contributed by atoms with Crippen LogP contribution >= 0.6 is 0 Å². The first-order valence-electron chi connectivity index (χ1n) is 5.69. The van der Waals surface area contributed by atoms with Crippen molar-refractivity contribution in [1.82, 2.24) is 15.1 Å². The Labute approximate surface area is 106 Å². The van der Waals surface area contributed by atoms with Crippen molar-refractivity contribution in [2.75, 3.05) is 5.73 Å². The quantitative estimate of drug-likeness (QED) is 0.798. The molecule has 18 heavy (non-hydrogen) atoms. The normalized spacial score (nSPS) is 10.3. The number of nitrogens with one attached hydrogen (secondary N) is 1. The highest BCUT2D eigenvalue weighted by Gasteiger charge is 2.09. The van der Waals surface area contributed by atoms with Crippen molar-refractivity contribution in [2.45, 2.75) is 13.5 Å². The molecule has 1 amide bonds. The number of carbonyl (C=O) groups excluding carboxylic acids is 1. The lowest BCUT2D eigenvalue weighted by Crippen LogP contribution is -2.25. The predicted octanol–water partition coefficient (Wildman–Crippen LogP) is 1.24. The SMILES string of the molecule is Cc1ccc(C(=O)NCc2ccnn2C)c(N)c1. The fourth-order valence-corrected chi connectivity index (χ4v) is 1.73. The largest absolute Gasteiger partial charge is 0.398 e. The molecular formula is C13H16N4O. The molecule has 0 unspecified atom stereocenters. The summed E-state index contributed by atoms with van der Waals surface area (Å²) in [6.45, 7) is 2.37. The molecule has 0 atom stereocenters. The van der Waals surface area contributed by atoms with Gasteiger partial charge >= 0.3 is 0 Å². The van der Waals surface area contributed by atoms with E-state index in [-0.39, 0.29) is 5.91 Å². The first kappa shape index (κ1) is 12.2. The molecule has 0 radical (unpaired) electrons. The number of nitrogens with two attached hydrogens (primary N) is 1. The average Bonchev–Trinajstić information content (AvgIpc) is 2.72. The van der Waals surface area contributed by atoms with E-state index in [9.17, 15) is 4.79 Å². The first-order valence-corrected chi connectivity index (χ1v) is 5.69. The molecule has 5 nitrogen and oxygen atoms in total. The van der Waals surface area contributed by atoms with Crippen LogP contribution in [0.4, 0.5) is 5.69 Å². The van der Waals surface area contributed by atoms with Gasteiger partial charge in [0.2, 0.25) is 0 Å². The van der Waals surface area contributed by atoms with Crippen molar-refractivity contribution in [3.8, 4) is 0 Å². The smallest absolute Gasteiger partial charge is 0.253 e. The van der Waals surface area contributed by atoms with Crippen LogP contribution in [0.15, 0.2) is 30.5 Å². The number of hydrogen-bond donors (Lipinski definition) is 2. The van der Waals surface area contributed by atoms with Crippen LogP contribution in [0.3, 0.4) is 0 Å². The summed E-state index contributed by atoms with van der Waals surface area (Å²) in [4.78, 5) is 12.0. The zero-order valence-corrected chi connectivity index (χ0v) is 10.5. The second-order valence-electron chi connectivity index (χ2n) is 4.22. The van der Waals surface area contributed by atoms with Crippen molar-refractivity contribution in [3.63, 3.8) is 0 Å². The van der Waals surface area contributed by atoms with Gasteiger partial charge in [0.1, 0.15) is 0 Å². The van der Waals surface area contributed by atoms with E-state index < -0.39 is 0 Å². The van der Waals surface area contributed by atoms with E-state index in [4.69, 9.17) is 5.73 Å². The highest BCUT2D eigenvalue weighted by atomic mass is 16.1. The zero-order chi connectivity index (χ0) is 13.1. The zero-order valence-electron chi connectivity index (χ0n) is 10.5. The van der Waals surface area contributed by atoms with Gasteiger partial charge in [0.15, 0.2) is 0 Å². The molecule has 1 aromatic heterocycles. The Hall–Kier alpha value is -2.30. The third-order valence-electron chi connectivity index (χ3n) is 2.80. The molecule has 0 saturated carbocycles. The Morgan fingerprint density at radius 3 is 2.83 bits per heavy atom. The van der Waals surface area contributed by atoms with Crippen molar-refractivity contribution in [2.24, 2.45) is 7.05 Å². The number of rotatable bonds is 3. The lowest BCUT2D eigenvalue weighted by molar-refractivity contribution is 0.0951. The summed E-state index contributed by atoms with van der Waals surface area (Å²) in [5.41, 5.74) is 8.80. The fraction of sp³-hybridized carbons (Fsp3) is 0.231. The molecule has 0 aliphatic carbocycles. The standard InChI is InChI=1S/C13H16N4O/c1-9-3-4-11(12(14)7-9)13(18)15-8-10-5-6-16-17(10)2/h3-7H,8,14H2,1-2H3,(H,15,18). The van der Waals surface area contributed by atoms with Gasteiger partial charge in [0.25, 0.3) is 5.91 Å². The lowest BCUT2D eigenvalue weighted by Gasteiger charge is -2.08. The van der Waals surface area contributed by atoms with Crippen molar-refractivity contribution < 1.29 is 4.79 Å². The van der Waals surface area contributed by atoms with Crippen molar-refractivity contribution >= 4 is 11.6 Å². The molecule has 3 N–H and O–H groups in total. The summed E-state index contributed by atoms with van der Waals surface area (Å²) in [7, 11) is 1.84. The van der Waals surface area contributed by atoms with E-state index in [1.165, 1.54) is 0 Å². The summed E-state index contributed by atoms with van der Waals surface area (Å²) in [6.07, 6.45) is 1.70. The summed E-state index contributed by atoms with van der Waals surface area (Å²) >= 11 is 0. The van der Waals surface area contributed by atoms with Crippen LogP contribution in [-0.2, 0) is 13.6 Å². The maximum absolute atomic E-state index is 12.0. The Morgan fingerprint density at radius 2 is 2.22 bits per heavy atom. The van der Waals surface area contributed by atoms with E-state index in [1.807, 2.05) is 26.1 Å². The predicted molar refractivity (Wildman–Crippen MR) is 70.0 cm³/mol. The molecule has 1 aromatic carbocycles. The minimum atomic E-state index is -0.172. The molecule has 5 heteroatoms. The van der Waals surface area contributed by atoms with Gasteiger partial charge in [-0.3, -0.25) is 9.48 Å². The Morgan fingerprint density at radius 1 is 1.44 bits per heavy atom. The van der Waals surface area contributed by atoms with E-state index in [2.05, 4.69) is 10.4 Å². The highest BCUT2D eigenvalue weighted by molar-refractivity contribution is 5.99. The van der Waals surface area contributed by atoms with Gasteiger partial charge in [-0.15, -0.1) is 0 Å². The molecule has 0 aliphatic rings. The molecular weight excluding hydrogens is 228 g/mol. The van der Waals surface area contributed by atoms with Crippen molar-refractivity contribution in [3.05, 3.63) is 47.3 Å². The fourth-order valence-electron chi connectivity index (χ4n) is 1.73. The van der Waals surface area contributed by atoms with Gasteiger partial charge in [0, 0.05) is 18.9 Å². The van der Waals surface area contributed by atoms with Crippen LogP contribution in [0.2, 0.25) is 0 Å². The summed E-state index contributed by atoms with van der Waals surface area (Å²) in [6, 6.07) is 7.26. The molecule has 0 aliphatic heterocycles. The Balaban J connectivity index is 2.06. The maximum Gasteiger partial charge on any atom is 0.253 e. The molecule has 2 aromatic rings. The van der Waals surface area contributed by atoms with Crippen LogP contribution in [0.5, 0.6) is 0 Å². The summed E-state index contributed by atoms with van der Waals surface area (Å²) in [5.74, 6) is -0.172. The van der Waals surface area contributed by atoms with Crippen LogP contribution in [-0.4, -0.2) is 15.7 Å². The van der Waals surface area contributed by atoms with Crippen LogP contribution in [0.1, 0.15) is 21.6 Å². The molecule has 0 spiro atoms. The van der Waals surface area contributed by atoms with E-state index >= 15 is 0 Å². The molecule has 1 heterocycles. The van der Waals surface area contributed by atoms with Gasteiger partial charge in [-0.1, -0.05) is 6.07 Å². The number of amides is 1. The first-order chi connectivity index (χ1) is 8.58. The van der Waals surface area contributed by atoms with Gasteiger partial charge in [-0.05, 0) is 30.7 Å². The highest BCUT2D eigenvalue weighted by Crippen LogP contribution is 2.13. The minimum absolute atomic E-state index is 0.172. The third kappa shape index (κ3) is 2.51. The van der Waals surface area contributed by atoms with Gasteiger partial charge in [0.05, 0.1) is 17.8 Å². The van der Waals surface area contributed by atoms with Crippen molar-refractivity contribution in [1.29, 1.82) is 0 Å². The van der Waals surface area contributed by atoms with E-state index in [1.54, 1.807) is 23.0 Å². The minimum Gasteiger partial charge on any atom is -0.398 e. The summed E-state index contributed by atoms with van der Waals surface area (Å²) < 4.78 is 1.72. The van der Waals surface area contributed by atoms with Crippen LogP contribution in [0.25, 0.3) is 0 Å². The lowest BCUT2D eigenvalue weighted by atomic mass is 10.1. The van der Waals surface area contributed by atoms with Crippen LogP contribution in [0, 0.1) is 6.92 Å². The molecule has 94 valence electrons. The number of benzene rings is 1. The van der Waals surface area contributed by atoms with Gasteiger partial charge in [-0.2, -0.15) is 5.10 Å². The van der Waals surface area contributed by atoms with Crippen LogP contribution < -0.4 is 11.1 Å².